The van der Waals surface area contributed by atoms with Crippen LogP contribution in [0.25, 0.3) is 0 Å². The van der Waals surface area contributed by atoms with Gasteiger partial charge in [-0.1, -0.05) is 44.2 Å². The average Bonchev–Trinajstić information content (AvgIpc) is 2.45. The van der Waals surface area contributed by atoms with E-state index in [1.54, 1.807) is 0 Å². The van der Waals surface area contributed by atoms with Crippen LogP contribution in [0.3, 0.4) is 0 Å². The van der Waals surface area contributed by atoms with Gasteiger partial charge in [-0.3, -0.25) is 9.59 Å². The molecule has 22 heavy (non-hydrogen) atoms. The molecule has 0 bridgehead atoms. The molecule has 0 radical (unpaired) electrons. The van der Waals surface area contributed by atoms with E-state index in [1.807, 2.05) is 44.2 Å². The standard InChI is InChI=1S/C16H22O5Si/c1-4-22(20-13(2)17,14-8-6-5-7-9-14)21-15(18)10-16(3)11-19-12-16/h5-9H,4,10-12H2,1-3H3. The van der Waals surface area contributed by atoms with Gasteiger partial charge in [-0.05, 0) is 0 Å². The van der Waals surface area contributed by atoms with Gasteiger partial charge in [0.05, 0.1) is 19.6 Å². The van der Waals surface area contributed by atoms with E-state index >= 15 is 0 Å². The highest BCUT2D eigenvalue weighted by Crippen LogP contribution is 2.31. The van der Waals surface area contributed by atoms with Gasteiger partial charge in [0, 0.05) is 23.6 Å². The zero-order chi connectivity index (χ0) is 16.2. The molecule has 1 saturated heterocycles. The van der Waals surface area contributed by atoms with Crippen LogP contribution in [0, 0.1) is 5.41 Å². The Kier molecular flexibility index (Phi) is 5.03. The van der Waals surface area contributed by atoms with E-state index in [4.69, 9.17) is 13.6 Å². The average molecular weight is 322 g/mol. The molecule has 0 spiro atoms. The lowest BCUT2D eigenvalue weighted by Crippen LogP contribution is -2.56. The smallest absolute Gasteiger partial charge is 0.482 e. The predicted molar refractivity (Wildman–Crippen MR) is 83.7 cm³/mol. The van der Waals surface area contributed by atoms with E-state index in [0.717, 1.165) is 5.19 Å². The van der Waals surface area contributed by atoms with Gasteiger partial charge in [-0.25, -0.2) is 0 Å². The largest absolute Gasteiger partial charge is 0.499 e. The Bertz CT molecular complexity index is 541. The van der Waals surface area contributed by atoms with Crippen LogP contribution in [0.4, 0.5) is 0 Å². The molecule has 0 saturated carbocycles. The first-order valence-electron chi connectivity index (χ1n) is 7.44. The second-order valence-electron chi connectivity index (χ2n) is 6.02. The van der Waals surface area contributed by atoms with Gasteiger partial charge < -0.3 is 13.6 Å². The van der Waals surface area contributed by atoms with Gasteiger partial charge in [0.2, 0.25) is 0 Å². The van der Waals surface area contributed by atoms with E-state index < -0.39 is 14.5 Å². The van der Waals surface area contributed by atoms with E-state index in [-0.39, 0.29) is 17.8 Å². The summed E-state index contributed by atoms with van der Waals surface area (Å²) < 4.78 is 16.5. The van der Waals surface area contributed by atoms with Crippen LogP contribution in [-0.4, -0.2) is 33.7 Å². The Morgan fingerprint density at radius 1 is 1.23 bits per heavy atom. The summed E-state index contributed by atoms with van der Waals surface area (Å²) in [6.07, 6.45) is 0.274. The molecule has 6 heteroatoms. The molecule has 5 nitrogen and oxygen atoms in total. The van der Waals surface area contributed by atoms with Crippen molar-refractivity contribution in [2.45, 2.75) is 33.2 Å². The quantitative estimate of drug-likeness (QED) is 0.749. The van der Waals surface area contributed by atoms with Crippen molar-refractivity contribution in [1.82, 2.24) is 0 Å². The normalized spacial score (nSPS) is 18.7. The Morgan fingerprint density at radius 2 is 1.86 bits per heavy atom. The molecule has 1 aromatic carbocycles. The molecule has 1 aliphatic heterocycles. The van der Waals surface area contributed by atoms with Crippen molar-refractivity contribution in [2.24, 2.45) is 5.41 Å². The third-order valence-corrected chi connectivity index (χ3v) is 7.06. The number of carbonyl (C=O) groups is 2. The van der Waals surface area contributed by atoms with Crippen LogP contribution in [0.15, 0.2) is 30.3 Å². The molecule has 0 aliphatic carbocycles. The van der Waals surface area contributed by atoms with E-state index in [9.17, 15) is 9.59 Å². The highest BCUT2D eigenvalue weighted by atomic mass is 28.4. The summed E-state index contributed by atoms with van der Waals surface area (Å²) >= 11 is 0. The van der Waals surface area contributed by atoms with Crippen molar-refractivity contribution in [3.8, 4) is 0 Å². The first kappa shape index (κ1) is 16.7. The Balaban J connectivity index is 2.20. The Hall–Kier alpha value is -1.66. The number of hydrogen-bond acceptors (Lipinski definition) is 5. The Labute approximate surface area is 131 Å². The molecule has 1 heterocycles. The minimum Gasteiger partial charge on any atom is -0.482 e. The predicted octanol–water partition coefficient (Wildman–Crippen LogP) is 1.89. The molecule has 0 amide bonds. The molecule has 0 aromatic heterocycles. The van der Waals surface area contributed by atoms with Gasteiger partial charge in [-0.15, -0.1) is 0 Å². The second-order valence-corrected chi connectivity index (χ2v) is 9.22. The van der Waals surface area contributed by atoms with Crippen molar-refractivity contribution in [3.63, 3.8) is 0 Å². The van der Waals surface area contributed by atoms with Crippen LogP contribution >= 0.6 is 0 Å². The highest BCUT2D eigenvalue weighted by molar-refractivity contribution is 6.83. The van der Waals surface area contributed by atoms with Crippen LogP contribution in [0.1, 0.15) is 27.2 Å². The molecule has 0 N–H and O–H groups in total. The van der Waals surface area contributed by atoms with Gasteiger partial charge in [0.25, 0.3) is 11.9 Å². The number of benzene rings is 1. The molecule has 120 valence electrons. The third-order valence-electron chi connectivity index (χ3n) is 3.74. The monoisotopic (exact) mass is 322 g/mol. The number of hydrogen-bond donors (Lipinski definition) is 0. The summed E-state index contributed by atoms with van der Waals surface area (Å²) in [5.74, 6) is -0.757. The molecule has 1 atom stereocenters. The van der Waals surface area contributed by atoms with Crippen molar-refractivity contribution in [1.29, 1.82) is 0 Å². The molecular weight excluding hydrogens is 300 g/mol. The van der Waals surface area contributed by atoms with Gasteiger partial charge in [0.15, 0.2) is 0 Å². The zero-order valence-electron chi connectivity index (χ0n) is 13.3. The topological polar surface area (TPSA) is 61.8 Å². The summed E-state index contributed by atoms with van der Waals surface area (Å²) in [4.78, 5) is 23.9. The molecule has 1 fully saturated rings. The molecular formula is C16H22O5Si. The molecule has 1 unspecified atom stereocenters. The maximum Gasteiger partial charge on any atom is 0.499 e. The highest BCUT2D eigenvalue weighted by Gasteiger charge is 2.47. The van der Waals surface area contributed by atoms with Crippen molar-refractivity contribution in [3.05, 3.63) is 30.3 Å². The minimum atomic E-state index is -3.10. The maximum absolute atomic E-state index is 12.3. The minimum absolute atomic E-state index is 0.169. The van der Waals surface area contributed by atoms with Crippen molar-refractivity contribution >= 4 is 25.7 Å². The van der Waals surface area contributed by atoms with E-state index in [1.165, 1.54) is 6.92 Å². The fourth-order valence-corrected chi connectivity index (χ4v) is 5.11. The van der Waals surface area contributed by atoms with Crippen LogP contribution in [0.2, 0.25) is 6.04 Å². The van der Waals surface area contributed by atoms with Gasteiger partial charge in [-0.2, -0.15) is 0 Å². The summed E-state index contributed by atoms with van der Waals surface area (Å²) in [6, 6.07) is 9.76. The SMILES string of the molecule is CC[Si](OC(C)=O)(OC(=O)CC1(C)COC1)c1ccccc1. The first-order valence-corrected chi connectivity index (χ1v) is 9.46. The fourth-order valence-electron chi connectivity index (χ4n) is 2.53. The van der Waals surface area contributed by atoms with E-state index in [2.05, 4.69) is 0 Å². The lowest BCUT2D eigenvalue weighted by Gasteiger charge is -2.38. The Morgan fingerprint density at radius 3 is 2.32 bits per heavy atom. The summed E-state index contributed by atoms with van der Waals surface area (Å²) in [5.41, 5.74) is -0.169. The van der Waals surface area contributed by atoms with Crippen LogP contribution < -0.4 is 5.19 Å². The summed E-state index contributed by atoms with van der Waals surface area (Å²) in [5, 5.41) is 0.788. The maximum atomic E-state index is 12.3. The molecule has 1 aliphatic rings. The van der Waals surface area contributed by atoms with Gasteiger partial charge in [0.1, 0.15) is 0 Å². The number of ether oxygens (including phenoxy) is 1. The molecule has 2 rings (SSSR count). The fraction of sp³-hybridized carbons (Fsp3) is 0.500. The number of rotatable bonds is 6. The van der Waals surface area contributed by atoms with Crippen molar-refractivity contribution in [2.75, 3.05) is 13.2 Å². The lowest BCUT2D eigenvalue weighted by molar-refractivity contribution is -0.153. The second kappa shape index (κ2) is 6.62. The molecule has 1 aromatic rings. The summed E-state index contributed by atoms with van der Waals surface area (Å²) in [7, 11) is -3.10. The van der Waals surface area contributed by atoms with Crippen LogP contribution in [0.5, 0.6) is 0 Å². The van der Waals surface area contributed by atoms with E-state index in [0.29, 0.717) is 19.3 Å². The zero-order valence-corrected chi connectivity index (χ0v) is 14.3. The van der Waals surface area contributed by atoms with Crippen molar-refractivity contribution < 1.29 is 23.2 Å². The summed E-state index contributed by atoms with van der Waals surface area (Å²) in [6.45, 7) is 6.32. The van der Waals surface area contributed by atoms with Gasteiger partial charge >= 0.3 is 8.56 Å². The number of carbonyl (C=O) groups excluding carboxylic acids is 2. The first-order chi connectivity index (χ1) is 10.4. The third kappa shape index (κ3) is 3.75. The lowest BCUT2D eigenvalue weighted by atomic mass is 9.85. The van der Waals surface area contributed by atoms with Crippen LogP contribution in [-0.2, 0) is 23.2 Å².